The van der Waals surface area contributed by atoms with Gasteiger partial charge < -0.3 is 5.11 Å². The SMILES string of the molecule is CCC(=O)C(C)C[O-]. The number of hydrogen-bond donors (Lipinski definition) is 0. The zero-order valence-electron chi connectivity index (χ0n) is 5.31. The zero-order valence-corrected chi connectivity index (χ0v) is 5.31. The largest absolute Gasteiger partial charge is 0.854 e. The first-order chi connectivity index (χ1) is 3.72. The quantitative estimate of drug-likeness (QED) is 0.518. The molecule has 0 N–H and O–H groups in total. The second-order valence-electron chi connectivity index (χ2n) is 1.89. The number of ketones is 1. The topological polar surface area (TPSA) is 40.1 Å². The first kappa shape index (κ1) is 7.63. The highest BCUT2D eigenvalue weighted by molar-refractivity contribution is 5.80. The van der Waals surface area contributed by atoms with Crippen LogP contribution in [0, 0.1) is 5.92 Å². The molecule has 8 heavy (non-hydrogen) atoms. The van der Waals surface area contributed by atoms with Crippen molar-refractivity contribution in [3.8, 4) is 0 Å². The van der Waals surface area contributed by atoms with E-state index in [-0.39, 0.29) is 18.3 Å². The van der Waals surface area contributed by atoms with Gasteiger partial charge in [0.15, 0.2) is 0 Å². The molecule has 0 aromatic rings. The van der Waals surface area contributed by atoms with Crippen molar-refractivity contribution in [1.29, 1.82) is 0 Å². The van der Waals surface area contributed by atoms with Gasteiger partial charge in [-0.15, -0.1) is 6.61 Å². The number of rotatable bonds is 3. The van der Waals surface area contributed by atoms with Gasteiger partial charge >= 0.3 is 0 Å². The molecule has 0 saturated carbocycles. The summed E-state index contributed by atoms with van der Waals surface area (Å²) in [5.74, 6) is -0.208. The third kappa shape index (κ3) is 2.07. The lowest BCUT2D eigenvalue weighted by Crippen LogP contribution is -2.22. The Morgan fingerprint density at radius 3 is 2.38 bits per heavy atom. The molecule has 0 aliphatic heterocycles. The second kappa shape index (κ2) is 3.61. The number of carbonyl (C=O) groups is 1. The van der Waals surface area contributed by atoms with Gasteiger partial charge in [0.1, 0.15) is 5.78 Å². The minimum atomic E-state index is -0.278. The Morgan fingerprint density at radius 2 is 2.25 bits per heavy atom. The molecule has 0 spiro atoms. The van der Waals surface area contributed by atoms with Crippen molar-refractivity contribution in [3.05, 3.63) is 0 Å². The van der Waals surface area contributed by atoms with Crippen molar-refractivity contribution >= 4 is 5.78 Å². The summed E-state index contributed by atoms with van der Waals surface area (Å²) in [6.07, 6.45) is 0.489. The highest BCUT2D eigenvalue weighted by Crippen LogP contribution is 1.95. The van der Waals surface area contributed by atoms with Crippen LogP contribution in [-0.2, 0) is 4.79 Å². The smallest absolute Gasteiger partial charge is 0.134 e. The van der Waals surface area contributed by atoms with Crippen LogP contribution in [0.4, 0.5) is 0 Å². The molecule has 0 rings (SSSR count). The van der Waals surface area contributed by atoms with Gasteiger partial charge in [0.25, 0.3) is 0 Å². The molecular formula is C6H11O2-. The predicted molar refractivity (Wildman–Crippen MR) is 29.3 cm³/mol. The molecular weight excluding hydrogens is 104 g/mol. The van der Waals surface area contributed by atoms with E-state index in [2.05, 4.69) is 0 Å². The molecule has 0 aromatic carbocycles. The van der Waals surface area contributed by atoms with Crippen LogP contribution >= 0.6 is 0 Å². The standard InChI is InChI=1S/C6H11O2/c1-3-6(8)5(2)4-7/h5H,3-4H2,1-2H3/q-1. The van der Waals surface area contributed by atoms with Gasteiger partial charge in [-0.1, -0.05) is 13.8 Å². The van der Waals surface area contributed by atoms with Gasteiger partial charge in [0.05, 0.1) is 0 Å². The zero-order chi connectivity index (χ0) is 6.57. The van der Waals surface area contributed by atoms with Crippen LogP contribution in [0.2, 0.25) is 0 Å². The lowest BCUT2D eigenvalue weighted by atomic mass is 10.1. The van der Waals surface area contributed by atoms with E-state index in [1.807, 2.05) is 0 Å². The molecule has 2 nitrogen and oxygen atoms in total. The van der Waals surface area contributed by atoms with Crippen molar-refractivity contribution < 1.29 is 9.90 Å². The number of carbonyl (C=O) groups excluding carboxylic acids is 1. The molecule has 0 aromatic heterocycles. The fourth-order valence-corrected chi connectivity index (χ4v) is 0.441. The maximum Gasteiger partial charge on any atom is 0.134 e. The highest BCUT2D eigenvalue weighted by atomic mass is 16.3. The summed E-state index contributed by atoms with van der Waals surface area (Å²) in [7, 11) is 0. The molecule has 2 heteroatoms. The van der Waals surface area contributed by atoms with E-state index < -0.39 is 0 Å². The second-order valence-corrected chi connectivity index (χ2v) is 1.89. The highest BCUT2D eigenvalue weighted by Gasteiger charge is 2.02. The molecule has 0 heterocycles. The van der Waals surface area contributed by atoms with E-state index in [1.54, 1.807) is 13.8 Å². The summed E-state index contributed by atoms with van der Waals surface area (Å²) >= 11 is 0. The van der Waals surface area contributed by atoms with Crippen LogP contribution in [0.15, 0.2) is 0 Å². The summed E-state index contributed by atoms with van der Waals surface area (Å²) in [4.78, 5) is 10.5. The molecule has 0 saturated heterocycles. The lowest BCUT2D eigenvalue weighted by molar-refractivity contribution is -0.374. The van der Waals surface area contributed by atoms with E-state index >= 15 is 0 Å². The fourth-order valence-electron chi connectivity index (χ4n) is 0.441. The van der Waals surface area contributed by atoms with E-state index in [0.717, 1.165) is 0 Å². The molecule has 1 atom stereocenters. The van der Waals surface area contributed by atoms with E-state index in [0.29, 0.717) is 6.42 Å². The lowest BCUT2D eigenvalue weighted by Gasteiger charge is -2.10. The van der Waals surface area contributed by atoms with Gasteiger partial charge in [-0.2, -0.15) is 0 Å². The summed E-state index contributed by atoms with van der Waals surface area (Å²) in [5.41, 5.74) is 0. The summed E-state index contributed by atoms with van der Waals surface area (Å²) in [6.45, 7) is 3.17. The minimum absolute atomic E-state index is 0.0694. The first-order valence-corrected chi connectivity index (χ1v) is 2.83. The molecule has 0 aliphatic carbocycles. The van der Waals surface area contributed by atoms with Crippen molar-refractivity contribution in [3.63, 3.8) is 0 Å². The van der Waals surface area contributed by atoms with E-state index in [9.17, 15) is 9.90 Å². The maximum atomic E-state index is 10.5. The predicted octanol–water partition coefficient (Wildman–Crippen LogP) is -0.0381. The Balaban J connectivity index is 3.46. The molecule has 48 valence electrons. The van der Waals surface area contributed by atoms with Crippen LogP contribution in [-0.4, -0.2) is 12.4 Å². The Morgan fingerprint density at radius 1 is 1.75 bits per heavy atom. The molecule has 0 fully saturated rings. The van der Waals surface area contributed by atoms with Gasteiger partial charge in [-0.3, -0.25) is 4.79 Å². The molecule has 0 amide bonds. The Bertz CT molecular complexity index is 78.6. The molecule has 0 radical (unpaired) electrons. The van der Waals surface area contributed by atoms with Crippen molar-refractivity contribution in [2.45, 2.75) is 20.3 Å². The van der Waals surface area contributed by atoms with E-state index in [4.69, 9.17) is 0 Å². The summed E-state index contributed by atoms with van der Waals surface area (Å²) in [6, 6.07) is 0. The maximum absolute atomic E-state index is 10.5. The number of hydrogen-bond acceptors (Lipinski definition) is 2. The molecule has 1 unspecified atom stereocenters. The third-order valence-electron chi connectivity index (χ3n) is 1.15. The molecule has 0 bridgehead atoms. The van der Waals surface area contributed by atoms with Crippen LogP contribution in [0.3, 0.4) is 0 Å². The molecule has 0 aliphatic rings. The fraction of sp³-hybridized carbons (Fsp3) is 0.833. The van der Waals surface area contributed by atoms with E-state index in [1.165, 1.54) is 0 Å². The minimum Gasteiger partial charge on any atom is -0.854 e. The van der Waals surface area contributed by atoms with Crippen molar-refractivity contribution in [2.75, 3.05) is 6.61 Å². The number of Topliss-reactive ketones (excluding diaryl/α,β-unsaturated/α-hetero) is 1. The van der Waals surface area contributed by atoms with Gasteiger partial charge in [-0.25, -0.2) is 0 Å². The van der Waals surface area contributed by atoms with Crippen LogP contribution in [0.25, 0.3) is 0 Å². The van der Waals surface area contributed by atoms with Crippen molar-refractivity contribution in [1.82, 2.24) is 0 Å². The average Bonchev–Trinajstić information content (AvgIpc) is 1.84. The first-order valence-electron chi connectivity index (χ1n) is 2.83. The average molecular weight is 115 g/mol. The Labute approximate surface area is 49.5 Å². The summed E-state index contributed by atoms with van der Waals surface area (Å²) in [5, 5.41) is 10.0. The van der Waals surface area contributed by atoms with Crippen LogP contribution < -0.4 is 5.11 Å². The van der Waals surface area contributed by atoms with Crippen LogP contribution in [0.5, 0.6) is 0 Å². The third-order valence-corrected chi connectivity index (χ3v) is 1.15. The Hall–Kier alpha value is -0.370. The normalized spacial score (nSPS) is 13.4. The monoisotopic (exact) mass is 115 g/mol. The Kier molecular flexibility index (Phi) is 3.44. The van der Waals surface area contributed by atoms with Crippen molar-refractivity contribution in [2.24, 2.45) is 5.92 Å². The van der Waals surface area contributed by atoms with Gasteiger partial charge in [0.2, 0.25) is 0 Å². The summed E-state index contributed by atoms with van der Waals surface area (Å²) < 4.78 is 0. The van der Waals surface area contributed by atoms with Crippen LogP contribution in [0.1, 0.15) is 20.3 Å². The van der Waals surface area contributed by atoms with Gasteiger partial charge in [0, 0.05) is 6.42 Å². The van der Waals surface area contributed by atoms with Gasteiger partial charge in [-0.05, 0) is 5.92 Å².